The van der Waals surface area contributed by atoms with Crippen molar-refractivity contribution in [3.8, 4) is 11.5 Å². The molecule has 7 nitrogen and oxygen atoms in total. The molecule has 1 fully saturated rings. The van der Waals surface area contributed by atoms with Crippen LogP contribution >= 0.6 is 0 Å². The molecular weight excluding hydrogens is 399 g/mol. The molecule has 0 aliphatic carbocycles. The van der Waals surface area contributed by atoms with E-state index in [1.807, 2.05) is 4.90 Å². The smallest absolute Gasteiger partial charge is 0.378 e. The number of nitrogens with zero attached hydrogens (tertiary/aromatic N) is 4. The van der Waals surface area contributed by atoms with E-state index in [0.29, 0.717) is 49.2 Å². The number of nitrogens with one attached hydrogen (secondary N) is 1. The largest absolute Gasteiger partial charge is 0.416 e. The summed E-state index contributed by atoms with van der Waals surface area (Å²) >= 11 is 0. The van der Waals surface area contributed by atoms with Crippen LogP contribution in [0, 0.1) is 6.92 Å². The second kappa shape index (κ2) is 8.31. The quantitative estimate of drug-likeness (QED) is 0.672. The van der Waals surface area contributed by atoms with Gasteiger partial charge in [-0.1, -0.05) is 11.2 Å². The van der Waals surface area contributed by atoms with Crippen molar-refractivity contribution in [2.24, 2.45) is 0 Å². The Hall–Kier alpha value is -3.14. The van der Waals surface area contributed by atoms with Crippen molar-refractivity contribution in [1.29, 1.82) is 0 Å². The average Bonchev–Trinajstić information content (AvgIpc) is 3.18. The zero-order valence-corrected chi connectivity index (χ0v) is 16.2. The molecule has 0 saturated carbocycles. The highest BCUT2D eigenvalue weighted by Gasteiger charge is 2.34. The van der Waals surface area contributed by atoms with Crippen molar-refractivity contribution in [1.82, 2.24) is 15.1 Å². The van der Waals surface area contributed by atoms with Crippen LogP contribution in [0.5, 0.6) is 0 Å². The van der Waals surface area contributed by atoms with Crippen LogP contribution in [-0.4, -0.2) is 41.4 Å². The van der Waals surface area contributed by atoms with E-state index >= 15 is 0 Å². The molecule has 3 aromatic rings. The highest BCUT2D eigenvalue weighted by Crippen LogP contribution is 2.35. The third-order valence-electron chi connectivity index (χ3n) is 4.79. The fraction of sp³-hybridized carbons (Fsp3) is 0.350. The van der Waals surface area contributed by atoms with E-state index in [1.165, 1.54) is 12.1 Å². The molecule has 0 atom stereocenters. The first kappa shape index (κ1) is 20.1. The summed E-state index contributed by atoms with van der Waals surface area (Å²) in [6, 6.07) is 7.81. The number of benzene rings is 1. The summed E-state index contributed by atoms with van der Waals surface area (Å²) in [5.41, 5.74) is 0.508. The molecule has 1 aliphatic rings. The maximum atomic E-state index is 13.7. The Labute approximate surface area is 170 Å². The third kappa shape index (κ3) is 4.38. The maximum absolute atomic E-state index is 13.7. The molecule has 4 rings (SSSR count). The number of hydrogen-bond acceptors (Lipinski definition) is 7. The van der Waals surface area contributed by atoms with Gasteiger partial charge in [0.15, 0.2) is 5.82 Å². The summed E-state index contributed by atoms with van der Waals surface area (Å²) in [6.07, 6.45) is -2.93. The van der Waals surface area contributed by atoms with E-state index in [1.54, 1.807) is 31.3 Å². The van der Waals surface area contributed by atoms with Crippen molar-refractivity contribution < 1.29 is 22.4 Å². The molecule has 1 N–H and O–H groups in total. The van der Waals surface area contributed by atoms with E-state index in [4.69, 9.17) is 9.26 Å². The van der Waals surface area contributed by atoms with Crippen LogP contribution in [0.1, 0.15) is 17.0 Å². The highest BCUT2D eigenvalue weighted by atomic mass is 19.4. The fourth-order valence-corrected chi connectivity index (χ4v) is 3.30. The summed E-state index contributed by atoms with van der Waals surface area (Å²) < 4.78 is 51.7. The van der Waals surface area contributed by atoms with Crippen LogP contribution in [0.4, 0.5) is 24.7 Å². The van der Waals surface area contributed by atoms with Gasteiger partial charge in [0.1, 0.15) is 5.82 Å². The van der Waals surface area contributed by atoms with E-state index < -0.39 is 11.7 Å². The number of pyridine rings is 1. The number of aromatic nitrogens is 3. The number of alkyl halides is 3. The van der Waals surface area contributed by atoms with Gasteiger partial charge >= 0.3 is 6.18 Å². The Morgan fingerprint density at radius 2 is 1.97 bits per heavy atom. The van der Waals surface area contributed by atoms with Crippen LogP contribution < -0.4 is 10.2 Å². The number of hydrogen-bond donors (Lipinski definition) is 1. The lowest BCUT2D eigenvalue weighted by Gasteiger charge is -2.29. The molecule has 0 bridgehead atoms. The molecule has 1 saturated heterocycles. The minimum Gasteiger partial charge on any atom is -0.378 e. The van der Waals surface area contributed by atoms with Gasteiger partial charge in [0, 0.05) is 31.5 Å². The minimum atomic E-state index is -4.48. The summed E-state index contributed by atoms with van der Waals surface area (Å²) in [7, 11) is 0. The molecule has 10 heteroatoms. The van der Waals surface area contributed by atoms with E-state index in [-0.39, 0.29) is 18.0 Å². The third-order valence-corrected chi connectivity index (χ3v) is 4.79. The van der Waals surface area contributed by atoms with Crippen LogP contribution in [-0.2, 0) is 17.5 Å². The molecule has 0 unspecified atom stereocenters. The van der Waals surface area contributed by atoms with Gasteiger partial charge in [0.2, 0.25) is 0 Å². The van der Waals surface area contributed by atoms with Crippen LogP contribution in [0.25, 0.3) is 11.5 Å². The molecular formula is C20H20F3N5O2. The average molecular weight is 419 g/mol. The van der Waals surface area contributed by atoms with Gasteiger partial charge < -0.3 is 19.5 Å². The molecule has 0 radical (unpaired) electrons. The van der Waals surface area contributed by atoms with Gasteiger partial charge in [-0.15, -0.1) is 0 Å². The minimum absolute atomic E-state index is 0.0602. The number of anilines is 2. The molecule has 1 aromatic carbocycles. The molecule has 1 aliphatic heterocycles. The van der Waals surface area contributed by atoms with Crippen molar-refractivity contribution in [3.63, 3.8) is 0 Å². The van der Waals surface area contributed by atoms with Crippen molar-refractivity contribution >= 4 is 11.5 Å². The topological polar surface area (TPSA) is 76.3 Å². The van der Waals surface area contributed by atoms with Crippen LogP contribution in [0.15, 0.2) is 41.1 Å². The highest BCUT2D eigenvalue weighted by molar-refractivity contribution is 5.68. The molecule has 30 heavy (non-hydrogen) atoms. The number of aryl methyl sites for hydroxylation is 1. The van der Waals surface area contributed by atoms with Gasteiger partial charge in [-0.25, -0.2) is 4.98 Å². The lowest BCUT2D eigenvalue weighted by Crippen LogP contribution is -2.36. The fourth-order valence-electron chi connectivity index (χ4n) is 3.30. The normalized spacial score (nSPS) is 14.7. The molecule has 0 amide bonds. The van der Waals surface area contributed by atoms with Crippen LogP contribution in [0.3, 0.4) is 0 Å². The number of morpholine rings is 1. The Morgan fingerprint density at radius 3 is 2.67 bits per heavy atom. The Bertz CT molecular complexity index is 1020. The molecule has 158 valence electrons. The SMILES string of the molecule is Cc1noc(-c2cccnc2NCc2ccc(N3CCOCC3)cc2C(F)(F)F)n1. The Morgan fingerprint density at radius 1 is 1.17 bits per heavy atom. The Kier molecular flexibility index (Phi) is 5.58. The molecule has 3 heterocycles. The van der Waals surface area contributed by atoms with Gasteiger partial charge in [-0.2, -0.15) is 18.2 Å². The summed E-state index contributed by atoms with van der Waals surface area (Å²) in [4.78, 5) is 10.3. The molecule has 2 aromatic heterocycles. The first-order valence-corrected chi connectivity index (χ1v) is 9.44. The zero-order valence-electron chi connectivity index (χ0n) is 16.2. The number of rotatable bonds is 5. The van der Waals surface area contributed by atoms with Crippen LogP contribution in [0.2, 0.25) is 0 Å². The summed E-state index contributed by atoms with van der Waals surface area (Å²) in [5.74, 6) is 1.08. The van der Waals surface area contributed by atoms with Gasteiger partial charge in [-0.3, -0.25) is 0 Å². The lowest BCUT2D eigenvalue weighted by atomic mass is 10.0. The number of halogens is 3. The maximum Gasteiger partial charge on any atom is 0.416 e. The first-order valence-electron chi connectivity index (χ1n) is 9.44. The predicted molar refractivity (Wildman–Crippen MR) is 104 cm³/mol. The molecule has 0 spiro atoms. The standard InChI is InChI=1S/C20H20F3N5O2/c1-13-26-19(30-27-13)16-3-2-6-24-18(16)25-12-14-4-5-15(11-17(14)20(21,22)23)28-7-9-29-10-8-28/h2-6,11H,7-10,12H2,1H3,(H,24,25). The second-order valence-electron chi connectivity index (χ2n) is 6.84. The van der Waals surface area contributed by atoms with Crippen molar-refractivity contribution in [3.05, 3.63) is 53.5 Å². The predicted octanol–water partition coefficient (Wildman–Crippen LogP) is 3.91. The number of ether oxygens (including phenoxy) is 1. The summed E-state index contributed by atoms with van der Waals surface area (Å²) in [5, 5.41) is 6.73. The second-order valence-corrected chi connectivity index (χ2v) is 6.84. The van der Waals surface area contributed by atoms with Gasteiger partial charge in [-0.05, 0) is 36.8 Å². The lowest BCUT2D eigenvalue weighted by molar-refractivity contribution is -0.138. The monoisotopic (exact) mass is 419 g/mol. The van der Waals surface area contributed by atoms with Gasteiger partial charge in [0.25, 0.3) is 5.89 Å². The zero-order chi connectivity index (χ0) is 21.1. The van der Waals surface area contributed by atoms with Crippen molar-refractivity contribution in [2.45, 2.75) is 19.6 Å². The summed E-state index contributed by atoms with van der Waals surface area (Å²) in [6.45, 7) is 3.76. The Balaban J connectivity index is 1.59. The van der Waals surface area contributed by atoms with E-state index in [2.05, 4.69) is 20.4 Å². The van der Waals surface area contributed by atoms with Gasteiger partial charge in [0.05, 0.1) is 24.3 Å². The van der Waals surface area contributed by atoms with E-state index in [0.717, 1.165) is 0 Å². The van der Waals surface area contributed by atoms with E-state index in [9.17, 15) is 13.2 Å². The van der Waals surface area contributed by atoms with Crippen molar-refractivity contribution in [2.75, 3.05) is 36.5 Å². The first-order chi connectivity index (χ1) is 14.4.